The van der Waals surface area contributed by atoms with Crippen molar-refractivity contribution in [1.82, 2.24) is 5.06 Å². The molecule has 94 valence electrons. The normalized spacial score (nSPS) is 22.5. The summed E-state index contributed by atoms with van der Waals surface area (Å²) in [5, 5.41) is 1.24. The highest BCUT2D eigenvalue weighted by Gasteiger charge is 2.36. The van der Waals surface area contributed by atoms with E-state index in [1.165, 1.54) is 18.6 Å². The number of aryl methyl sites for hydroxylation is 1. The summed E-state index contributed by atoms with van der Waals surface area (Å²) in [6.07, 6.45) is 2.27. The molecule has 2 unspecified atom stereocenters. The van der Waals surface area contributed by atoms with Gasteiger partial charge in [0.05, 0.1) is 7.11 Å². The van der Waals surface area contributed by atoms with Crippen molar-refractivity contribution >= 4 is 5.91 Å². The highest BCUT2D eigenvalue weighted by atomic mass is 16.7. The summed E-state index contributed by atoms with van der Waals surface area (Å²) in [6.45, 7) is 2.23. The van der Waals surface area contributed by atoms with Gasteiger partial charge in [-0.05, 0) is 24.5 Å². The SMILES string of the molecule is CON(C)C(=O)CCc1ccc(C2CC2C)o1. The van der Waals surface area contributed by atoms with E-state index in [1.807, 2.05) is 12.1 Å². The fourth-order valence-corrected chi connectivity index (χ4v) is 1.94. The third kappa shape index (κ3) is 2.88. The molecule has 1 aliphatic rings. The van der Waals surface area contributed by atoms with Crippen LogP contribution in [-0.4, -0.2) is 25.1 Å². The number of rotatable bonds is 5. The van der Waals surface area contributed by atoms with Gasteiger partial charge in [-0.1, -0.05) is 6.92 Å². The molecule has 0 bridgehead atoms. The molecule has 0 radical (unpaired) electrons. The number of hydrogen-bond acceptors (Lipinski definition) is 3. The van der Waals surface area contributed by atoms with Gasteiger partial charge in [0.15, 0.2) is 0 Å². The molecule has 2 atom stereocenters. The topological polar surface area (TPSA) is 42.7 Å². The van der Waals surface area contributed by atoms with Crippen LogP contribution in [0.15, 0.2) is 16.5 Å². The van der Waals surface area contributed by atoms with Crippen molar-refractivity contribution in [3.8, 4) is 0 Å². The van der Waals surface area contributed by atoms with Crippen molar-refractivity contribution < 1.29 is 14.0 Å². The molecule has 0 saturated heterocycles. The van der Waals surface area contributed by atoms with Crippen molar-refractivity contribution in [2.45, 2.75) is 32.1 Å². The first-order chi connectivity index (χ1) is 8.11. The summed E-state index contributed by atoms with van der Waals surface area (Å²) in [5.74, 6) is 3.26. The largest absolute Gasteiger partial charge is 0.466 e. The Morgan fingerprint density at radius 1 is 1.59 bits per heavy atom. The molecule has 1 aromatic heterocycles. The number of amides is 1. The molecule has 1 amide bonds. The predicted molar refractivity (Wildman–Crippen MR) is 63.3 cm³/mol. The number of nitrogens with zero attached hydrogens (tertiary/aromatic N) is 1. The van der Waals surface area contributed by atoms with E-state index in [9.17, 15) is 4.79 Å². The van der Waals surface area contributed by atoms with E-state index in [4.69, 9.17) is 9.25 Å². The summed E-state index contributed by atoms with van der Waals surface area (Å²) >= 11 is 0. The van der Waals surface area contributed by atoms with Gasteiger partial charge in [0.2, 0.25) is 5.91 Å². The van der Waals surface area contributed by atoms with Crippen LogP contribution in [0, 0.1) is 5.92 Å². The average molecular weight is 237 g/mol. The summed E-state index contributed by atoms with van der Waals surface area (Å²) < 4.78 is 5.73. The number of hydrogen-bond donors (Lipinski definition) is 0. The average Bonchev–Trinajstić information content (AvgIpc) is 2.89. The van der Waals surface area contributed by atoms with E-state index in [0.717, 1.165) is 17.4 Å². The van der Waals surface area contributed by atoms with E-state index in [0.29, 0.717) is 18.8 Å². The van der Waals surface area contributed by atoms with Gasteiger partial charge in [-0.2, -0.15) is 0 Å². The number of carbonyl (C=O) groups is 1. The second-order valence-corrected chi connectivity index (χ2v) is 4.70. The van der Waals surface area contributed by atoms with Gasteiger partial charge in [-0.25, -0.2) is 5.06 Å². The van der Waals surface area contributed by atoms with Crippen LogP contribution >= 0.6 is 0 Å². The van der Waals surface area contributed by atoms with Crippen molar-refractivity contribution in [2.24, 2.45) is 5.92 Å². The Hall–Kier alpha value is -1.29. The zero-order valence-corrected chi connectivity index (χ0v) is 10.6. The van der Waals surface area contributed by atoms with E-state index < -0.39 is 0 Å². The molecular formula is C13H19NO3. The van der Waals surface area contributed by atoms with Crippen LogP contribution in [0.1, 0.15) is 37.2 Å². The maximum absolute atomic E-state index is 11.5. The Morgan fingerprint density at radius 3 is 2.88 bits per heavy atom. The minimum Gasteiger partial charge on any atom is -0.466 e. The Labute approximate surface area is 101 Å². The second-order valence-electron chi connectivity index (χ2n) is 4.70. The monoisotopic (exact) mass is 237 g/mol. The maximum Gasteiger partial charge on any atom is 0.246 e. The van der Waals surface area contributed by atoms with Crippen LogP contribution in [0.2, 0.25) is 0 Å². The Balaban J connectivity index is 1.83. The van der Waals surface area contributed by atoms with Gasteiger partial charge in [0, 0.05) is 25.8 Å². The smallest absolute Gasteiger partial charge is 0.246 e. The van der Waals surface area contributed by atoms with Gasteiger partial charge < -0.3 is 4.42 Å². The molecule has 0 aromatic carbocycles. The first-order valence-electron chi connectivity index (χ1n) is 6.01. The van der Waals surface area contributed by atoms with Crippen LogP contribution in [-0.2, 0) is 16.1 Å². The van der Waals surface area contributed by atoms with E-state index in [1.54, 1.807) is 7.05 Å². The molecule has 1 aromatic rings. The zero-order chi connectivity index (χ0) is 12.4. The van der Waals surface area contributed by atoms with Crippen molar-refractivity contribution in [1.29, 1.82) is 0 Å². The fraction of sp³-hybridized carbons (Fsp3) is 0.615. The standard InChI is InChI=1S/C13H19NO3/c1-9-8-11(9)12-6-4-10(17-12)5-7-13(15)14(2)16-3/h4,6,9,11H,5,7-8H2,1-3H3. The lowest BCUT2D eigenvalue weighted by molar-refractivity contribution is -0.168. The molecule has 2 rings (SSSR count). The maximum atomic E-state index is 11.5. The highest BCUT2D eigenvalue weighted by Crippen LogP contribution is 2.47. The van der Waals surface area contributed by atoms with Crippen molar-refractivity contribution in [3.05, 3.63) is 23.7 Å². The minimum absolute atomic E-state index is 0.0368. The van der Waals surface area contributed by atoms with Gasteiger partial charge in [0.25, 0.3) is 0 Å². The molecular weight excluding hydrogens is 218 g/mol. The Kier molecular flexibility index (Phi) is 3.52. The van der Waals surface area contributed by atoms with E-state index >= 15 is 0 Å². The third-order valence-corrected chi connectivity index (χ3v) is 3.37. The summed E-state index contributed by atoms with van der Waals surface area (Å²) in [5.41, 5.74) is 0. The van der Waals surface area contributed by atoms with Crippen molar-refractivity contribution in [3.63, 3.8) is 0 Å². The van der Waals surface area contributed by atoms with Gasteiger partial charge in [-0.15, -0.1) is 0 Å². The van der Waals surface area contributed by atoms with Gasteiger partial charge >= 0.3 is 0 Å². The first-order valence-corrected chi connectivity index (χ1v) is 6.01. The zero-order valence-electron chi connectivity index (χ0n) is 10.6. The lowest BCUT2D eigenvalue weighted by Crippen LogP contribution is -2.25. The van der Waals surface area contributed by atoms with Crippen LogP contribution in [0.3, 0.4) is 0 Å². The number of carbonyl (C=O) groups excluding carboxylic acids is 1. The number of hydroxylamine groups is 2. The van der Waals surface area contributed by atoms with Crippen LogP contribution in [0.5, 0.6) is 0 Å². The van der Waals surface area contributed by atoms with Crippen LogP contribution < -0.4 is 0 Å². The minimum atomic E-state index is -0.0368. The van der Waals surface area contributed by atoms with Gasteiger partial charge in [-0.3, -0.25) is 9.63 Å². The molecule has 0 N–H and O–H groups in total. The fourth-order valence-electron chi connectivity index (χ4n) is 1.94. The highest BCUT2D eigenvalue weighted by molar-refractivity contribution is 5.74. The quantitative estimate of drug-likeness (QED) is 0.738. The molecule has 1 heterocycles. The van der Waals surface area contributed by atoms with E-state index in [-0.39, 0.29) is 5.91 Å². The molecule has 1 fully saturated rings. The molecule has 0 spiro atoms. The summed E-state index contributed by atoms with van der Waals surface area (Å²) in [4.78, 5) is 16.3. The Bertz CT molecular complexity index is 399. The van der Waals surface area contributed by atoms with Crippen LogP contribution in [0.25, 0.3) is 0 Å². The molecule has 4 heteroatoms. The first kappa shape index (κ1) is 12.2. The molecule has 4 nitrogen and oxygen atoms in total. The lowest BCUT2D eigenvalue weighted by atomic mass is 10.2. The van der Waals surface area contributed by atoms with E-state index in [2.05, 4.69) is 6.92 Å². The van der Waals surface area contributed by atoms with Gasteiger partial charge in [0.1, 0.15) is 11.5 Å². The Morgan fingerprint density at radius 2 is 2.29 bits per heavy atom. The summed E-state index contributed by atoms with van der Waals surface area (Å²) in [6, 6.07) is 4.01. The molecule has 1 aliphatic carbocycles. The predicted octanol–water partition coefficient (Wildman–Crippen LogP) is 2.36. The van der Waals surface area contributed by atoms with Crippen molar-refractivity contribution in [2.75, 3.05) is 14.2 Å². The summed E-state index contributed by atoms with van der Waals surface area (Å²) in [7, 11) is 3.10. The van der Waals surface area contributed by atoms with Crippen LogP contribution in [0.4, 0.5) is 0 Å². The lowest BCUT2D eigenvalue weighted by Gasteiger charge is -2.12. The second kappa shape index (κ2) is 4.92. The number of furan rings is 1. The third-order valence-electron chi connectivity index (χ3n) is 3.37. The molecule has 17 heavy (non-hydrogen) atoms. The molecule has 0 aliphatic heterocycles. The molecule has 1 saturated carbocycles.